The summed E-state index contributed by atoms with van der Waals surface area (Å²) in [6, 6.07) is 7.20. The zero-order valence-electron chi connectivity index (χ0n) is 10.5. The molecule has 3 aromatic rings. The van der Waals surface area contributed by atoms with Crippen molar-refractivity contribution in [3.05, 3.63) is 52.3 Å². The Hall–Kier alpha value is -1.40. The van der Waals surface area contributed by atoms with E-state index in [0.717, 1.165) is 22.1 Å². The van der Waals surface area contributed by atoms with Gasteiger partial charge < -0.3 is 5.32 Å². The van der Waals surface area contributed by atoms with E-state index in [-0.39, 0.29) is 12.4 Å². The number of aromatic nitrogens is 3. The average molecular weight is 360 g/mol. The summed E-state index contributed by atoms with van der Waals surface area (Å²) in [6.07, 6.45) is 3.36. The number of pyridine rings is 2. The van der Waals surface area contributed by atoms with Crippen LogP contribution in [0.25, 0.3) is 11.3 Å². The number of nitrogens with zero attached hydrogens (tertiary/aromatic N) is 3. The Kier molecular flexibility index (Phi) is 5.36. The van der Waals surface area contributed by atoms with Crippen LogP contribution in [-0.4, -0.2) is 15.0 Å². The Labute approximate surface area is 141 Å². The lowest BCUT2D eigenvalue weighted by Gasteiger charge is -2.01. The minimum atomic E-state index is 0. The predicted molar refractivity (Wildman–Crippen MR) is 90.1 cm³/mol. The van der Waals surface area contributed by atoms with E-state index in [1.165, 1.54) is 11.3 Å². The van der Waals surface area contributed by atoms with Crippen LogP contribution in [0.1, 0.15) is 0 Å². The Balaban J connectivity index is 0.00000161. The summed E-state index contributed by atoms with van der Waals surface area (Å²) in [5, 5.41) is 6.83. The molecule has 21 heavy (non-hydrogen) atoms. The molecule has 0 unspecified atom stereocenters. The van der Waals surface area contributed by atoms with Gasteiger partial charge in [-0.1, -0.05) is 23.2 Å². The molecular formula is C13H9Cl3N4S. The van der Waals surface area contributed by atoms with E-state index in [0.29, 0.717) is 10.3 Å². The molecule has 108 valence electrons. The molecule has 8 heteroatoms. The summed E-state index contributed by atoms with van der Waals surface area (Å²) in [4.78, 5) is 12.5. The van der Waals surface area contributed by atoms with Crippen molar-refractivity contribution in [1.29, 1.82) is 0 Å². The molecule has 3 aromatic heterocycles. The molecule has 3 rings (SSSR count). The number of hydrogen-bond acceptors (Lipinski definition) is 5. The van der Waals surface area contributed by atoms with E-state index in [1.807, 2.05) is 17.5 Å². The van der Waals surface area contributed by atoms with Crippen LogP contribution < -0.4 is 5.32 Å². The van der Waals surface area contributed by atoms with Crippen molar-refractivity contribution in [2.75, 3.05) is 5.32 Å². The summed E-state index contributed by atoms with van der Waals surface area (Å²) >= 11 is 13.0. The SMILES string of the molecule is Cl.Clc1ccc(Nc2nc(-c3ccc(Cl)nc3)cs2)cn1. The molecule has 0 fully saturated rings. The van der Waals surface area contributed by atoms with Crippen molar-refractivity contribution >= 4 is 57.8 Å². The third kappa shape index (κ3) is 4.04. The number of hydrogen-bond donors (Lipinski definition) is 1. The number of nitrogens with one attached hydrogen (secondary N) is 1. The van der Waals surface area contributed by atoms with E-state index >= 15 is 0 Å². The van der Waals surface area contributed by atoms with Crippen LogP contribution in [0, 0.1) is 0 Å². The van der Waals surface area contributed by atoms with Gasteiger partial charge in [-0.05, 0) is 24.3 Å². The van der Waals surface area contributed by atoms with Gasteiger partial charge in [-0.3, -0.25) is 0 Å². The smallest absolute Gasteiger partial charge is 0.187 e. The maximum absolute atomic E-state index is 5.77. The van der Waals surface area contributed by atoms with E-state index in [2.05, 4.69) is 20.3 Å². The number of halogens is 3. The Bertz CT molecular complexity index is 713. The molecule has 0 saturated carbocycles. The first-order valence-electron chi connectivity index (χ1n) is 5.67. The highest BCUT2D eigenvalue weighted by Crippen LogP contribution is 2.27. The fraction of sp³-hybridized carbons (Fsp3) is 0. The standard InChI is InChI=1S/C13H8Cl2N4S.ClH/c14-11-3-1-8(5-16-11)10-7-20-13(19-10)18-9-2-4-12(15)17-6-9;/h1-7H,(H,18,19);1H. The molecule has 0 amide bonds. The van der Waals surface area contributed by atoms with E-state index < -0.39 is 0 Å². The monoisotopic (exact) mass is 358 g/mol. The summed E-state index contributed by atoms with van der Waals surface area (Å²) < 4.78 is 0. The molecule has 0 atom stereocenters. The molecule has 0 aliphatic carbocycles. The summed E-state index contributed by atoms with van der Waals surface area (Å²) in [6.45, 7) is 0. The quantitative estimate of drug-likeness (QED) is 0.663. The maximum Gasteiger partial charge on any atom is 0.187 e. The molecule has 0 radical (unpaired) electrons. The van der Waals surface area contributed by atoms with Crippen LogP contribution in [0.4, 0.5) is 10.8 Å². The van der Waals surface area contributed by atoms with Gasteiger partial charge in [0.05, 0.1) is 17.6 Å². The van der Waals surface area contributed by atoms with Gasteiger partial charge in [-0.25, -0.2) is 15.0 Å². The van der Waals surface area contributed by atoms with Gasteiger partial charge in [0.2, 0.25) is 0 Å². The first-order valence-corrected chi connectivity index (χ1v) is 7.30. The second-order valence-electron chi connectivity index (χ2n) is 3.90. The normalized spacial score (nSPS) is 10.0. The third-order valence-electron chi connectivity index (χ3n) is 2.51. The van der Waals surface area contributed by atoms with Crippen molar-refractivity contribution in [1.82, 2.24) is 15.0 Å². The van der Waals surface area contributed by atoms with Gasteiger partial charge in [0.15, 0.2) is 5.13 Å². The van der Waals surface area contributed by atoms with Crippen LogP contribution in [0.2, 0.25) is 10.3 Å². The van der Waals surface area contributed by atoms with Crippen molar-refractivity contribution in [2.24, 2.45) is 0 Å². The van der Waals surface area contributed by atoms with Crippen molar-refractivity contribution in [3.8, 4) is 11.3 Å². The second-order valence-corrected chi connectivity index (χ2v) is 5.53. The minimum absolute atomic E-state index is 0. The molecule has 0 aliphatic heterocycles. The van der Waals surface area contributed by atoms with Crippen LogP contribution in [0.15, 0.2) is 42.0 Å². The third-order valence-corrected chi connectivity index (χ3v) is 3.71. The molecule has 1 N–H and O–H groups in total. The minimum Gasteiger partial charge on any atom is -0.330 e. The number of rotatable bonds is 3. The lowest BCUT2D eigenvalue weighted by Crippen LogP contribution is -1.90. The predicted octanol–water partition coefficient (Wildman–Crippen LogP) is 5.07. The van der Waals surface area contributed by atoms with E-state index in [9.17, 15) is 0 Å². The highest BCUT2D eigenvalue weighted by Gasteiger charge is 2.05. The largest absolute Gasteiger partial charge is 0.330 e. The molecule has 0 aromatic carbocycles. The number of anilines is 2. The summed E-state index contributed by atoms with van der Waals surface area (Å²) in [5.74, 6) is 0. The molecule has 4 nitrogen and oxygen atoms in total. The van der Waals surface area contributed by atoms with Gasteiger partial charge in [0.1, 0.15) is 10.3 Å². The van der Waals surface area contributed by atoms with Crippen molar-refractivity contribution < 1.29 is 0 Å². The molecule has 3 heterocycles. The Morgan fingerprint density at radius 1 is 0.952 bits per heavy atom. The Morgan fingerprint density at radius 2 is 1.67 bits per heavy atom. The van der Waals surface area contributed by atoms with Gasteiger partial charge in [-0.15, -0.1) is 23.7 Å². The highest BCUT2D eigenvalue weighted by molar-refractivity contribution is 7.14. The van der Waals surface area contributed by atoms with Crippen molar-refractivity contribution in [2.45, 2.75) is 0 Å². The summed E-state index contributed by atoms with van der Waals surface area (Å²) in [7, 11) is 0. The van der Waals surface area contributed by atoms with E-state index in [4.69, 9.17) is 23.2 Å². The van der Waals surface area contributed by atoms with Crippen LogP contribution in [-0.2, 0) is 0 Å². The fourth-order valence-corrected chi connectivity index (χ4v) is 2.53. The average Bonchev–Trinajstić information content (AvgIpc) is 2.91. The summed E-state index contributed by atoms with van der Waals surface area (Å²) in [5.41, 5.74) is 2.61. The van der Waals surface area contributed by atoms with Gasteiger partial charge in [0.25, 0.3) is 0 Å². The van der Waals surface area contributed by atoms with Gasteiger partial charge in [-0.2, -0.15) is 0 Å². The topological polar surface area (TPSA) is 50.7 Å². The molecule has 0 saturated heterocycles. The Morgan fingerprint density at radius 3 is 2.29 bits per heavy atom. The van der Waals surface area contributed by atoms with Gasteiger partial charge >= 0.3 is 0 Å². The second kappa shape index (κ2) is 7.04. The first kappa shape index (κ1) is 16.0. The first-order chi connectivity index (χ1) is 9.70. The zero-order valence-corrected chi connectivity index (χ0v) is 13.6. The van der Waals surface area contributed by atoms with Gasteiger partial charge in [0, 0.05) is 17.1 Å². The zero-order chi connectivity index (χ0) is 13.9. The van der Waals surface area contributed by atoms with E-state index in [1.54, 1.807) is 24.5 Å². The maximum atomic E-state index is 5.77. The molecule has 0 aliphatic rings. The van der Waals surface area contributed by atoms with Crippen LogP contribution in [0.3, 0.4) is 0 Å². The highest BCUT2D eigenvalue weighted by atomic mass is 35.5. The van der Waals surface area contributed by atoms with Crippen molar-refractivity contribution in [3.63, 3.8) is 0 Å². The lowest BCUT2D eigenvalue weighted by molar-refractivity contribution is 1.29. The molecule has 0 spiro atoms. The molecule has 0 bridgehead atoms. The lowest BCUT2D eigenvalue weighted by atomic mass is 10.2. The van der Waals surface area contributed by atoms with Crippen LogP contribution >= 0.6 is 46.9 Å². The number of thiazole rings is 1. The fourth-order valence-electron chi connectivity index (χ4n) is 1.56. The van der Waals surface area contributed by atoms with Crippen LogP contribution in [0.5, 0.6) is 0 Å². The molecular weight excluding hydrogens is 351 g/mol.